The molecule has 0 spiro atoms. The SMILES string of the molecule is CCn1c(-c2cccnc2[C@H](C)OC)c2c3cc(ccc31)-c1csc(n1)C[C@H](NC(=O)[C@H]1CN(C(C)=O)CCN1C)C(=O)N1CCC[C@@](O)(N1)C(=O)OCC(C)(C)C2. The van der Waals surface area contributed by atoms with E-state index in [2.05, 4.69) is 46.5 Å². The number of carbonyl (C=O) groups is 4. The summed E-state index contributed by atoms with van der Waals surface area (Å²) in [6.07, 6.45) is 2.40. The Morgan fingerprint density at radius 2 is 1.98 bits per heavy atom. The highest BCUT2D eigenvalue weighted by atomic mass is 32.1. The third kappa shape index (κ3) is 8.12. The second-order valence-electron chi connectivity index (χ2n) is 16.5. The summed E-state index contributed by atoms with van der Waals surface area (Å²) in [4.78, 5) is 67.6. The van der Waals surface area contributed by atoms with Crippen molar-refractivity contribution in [3.05, 3.63) is 58.2 Å². The zero-order valence-electron chi connectivity index (χ0n) is 34.3. The fourth-order valence-electron chi connectivity index (χ4n) is 8.31. The molecule has 6 bridgehead atoms. The van der Waals surface area contributed by atoms with Gasteiger partial charge in [-0.05, 0) is 63.6 Å². The van der Waals surface area contributed by atoms with E-state index in [4.69, 9.17) is 19.4 Å². The van der Waals surface area contributed by atoms with E-state index in [9.17, 15) is 24.3 Å². The van der Waals surface area contributed by atoms with E-state index in [0.717, 1.165) is 44.7 Å². The van der Waals surface area contributed by atoms with Crippen molar-refractivity contribution in [3.8, 4) is 22.5 Å². The number of hydrazine groups is 1. The van der Waals surface area contributed by atoms with Crippen molar-refractivity contribution < 1.29 is 33.8 Å². The average molecular weight is 815 g/mol. The number of thiazole rings is 1. The lowest BCUT2D eigenvalue weighted by Gasteiger charge is -2.41. The first kappa shape index (κ1) is 41.4. The molecule has 0 radical (unpaired) electrons. The van der Waals surface area contributed by atoms with Crippen LogP contribution < -0.4 is 10.7 Å². The van der Waals surface area contributed by atoms with Crippen LogP contribution in [0.4, 0.5) is 0 Å². The van der Waals surface area contributed by atoms with Crippen LogP contribution in [0.1, 0.15) is 69.8 Å². The van der Waals surface area contributed by atoms with Crippen molar-refractivity contribution in [2.45, 2.75) is 90.8 Å². The van der Waals surface area contributed by atoms with Gasteiger partial charge in [0.15, 0.2) is 0 Å². The molecule has 0 saturated carbocycles. The molecule has 3 aliphatic heterocycles. The average Bonchev–Trinajstić information content (AvgIpc) is 3.80. The van der Waals surface area contributed by atoms with Crippen molar-refractivity contribution in [2.24, 2.45) is 5.41 Å². The molecule has 3 amide bonds. The molecule has 3 aliphatic rings. The predicted octanol–water partition coefficient (Wildman–Crippen LogP) is 3.69. The Balaban J connectivity index is 1.33. The van der Waals surface area contributed by atoms with Gasteiger partial charge in [0.1, 0.15) is 12.1 Å². The standard InChI is InChI=1S/C42H54N8O7S/c1-8-49-33-13-12-27-19-29(33)30(37(49)28-11-9-15-43-36(28)25(2)56-7)21-41(4,5)24-57-40(54)42(55)14-10-16-50(46-42)39(53)31(20-35-44-32(27)23-58-35)45-38(52)34-22-48(26(3)51)18-17-47(34)6/h9,11-13,15,19,23,25,31,34,46,55H,8,10,14,16-18,20-22,24H2,1-7H3,(H,45,52)/t25-,31-,34+,42-/m0/s1. The van der Waals surface area contributed by atoms with Crippen molar-refractivity contribution in [1.82, 2.24) is 40.1 Å². The van der Waals surface area contributed by atoms with Gasteiger partial charge in [0.25, 0.3) is 5.91 Å². The van der Waals surface area contributed by atoms with Gasteiger partial charge in [0.05, 0.1) is 34.8 Å². The lowest BCUT2D eigenvalue weighted by molar-refractivity contribution is -0.189. The van der Waals surface area contributed by atoms with E-state index in [0.29, 0.717) is 37.5 Å². The number of ether oxygens (including phenoxy) is 2. The topological polar surface area (TPSA) is 171 Å². The summed E-state index contributed by atoms with van der Waals surface area (Å²) >= 11 is 1.39. The fraction of sp³-hybridized carbons (Fsp3) is 0.524. The number of piperazine rings is 1. The molecule has 16 heteroatoms. The summed E-state index contributed by atoms with van der Waals surface area (Å²) < 4.78 is 14.0. The fourth-order valence-corrected chi connectivity index (χ4v) is 9.16. The molecular weight excluding hydrogens is 761 g/mol. The number of likely N-dealkylation sites (N-methyl/N-ethyl adjacent to an activating group) is 1. The van der Waals surface area contributed by atoms with Crippen LogP contribution in [0.15, 0.2) is 41.9 Å². The number of carbonyl (C=O) groups excluding carboxylic acids is 4. The molecule has 58 heavy (non-hydrogen) atoms. The first-order valence-electron chi connectivity index (χ1n) is 20.0. The number of hydrogen-bond acceptors (Lipinski definition) is 12. The molecule has 15 nitrogen and oxygen atoms in total. The number of aromatic nitrogens is 3. The van der Waals surface area contributed by atoms with Gasteiger partial charge in [-0.2, -0.15) is 5.43 Å². The Morgan fingerprint density at radius 3 is 2.72 bits per heavy atom. The molecule has 4 atom stereocenters. The summed E-state index contributed by atoms with van der Waals surface area (Å²) in [5.74, 6) is -1.96. The lowest BCUT2D eigenvalue weighted by Crippen LogP contribution is -2.67. The van der Waals surface area contributed by atoms with Gasteiger partial charge in [0, 0.05) is 98.6 Å². The van der Waals surface area contributed by atoms with Crippen LogP contribution in [0, 0.1) is 5.41 Å². The lowest BCUT2D eigenvalue weighted by atomic mass is 9.84. The minimum Gasteiger partial charge on any atom is -0.462 e. The molecule has 310 valence electrons. The number of benzene rings is 1. The quantitative estimate of drug-likeness (QED) is 0.243. The van der Waals surface area contributed by atoms with Crippen LogP contribution in [0.2, 0.25) is 0 Å². The molecule has 2 saturated heterocycles. The number of rotatable bonds is 6. The molecule has 3 N–H and O–H groups in total. The smallest absolute Gasteiger partial charge is 0.355 e. The van der Waals surface area contributed by atoms with Crippen molar-refractivity contribution in [3.63, 3.8) is 0 Å². The molecule has 2 fully saturated rings. The first-order chi connectivity index (χ1) is 27.6. The maximum absolute atomic E-state index is 14.4. The third-order valence-electron chi connectivity index (χ3n) is 11.6. The van der Waals surface area contributed by atoms with Gasteiger partial charge < -0.3 is 29.4 Å². The summed E-state index contributed by atoms with van der Waals surface area (Å²) in [5, 5.41) is 19.5. The summed E-state index contributed by atoms with van der Waals surface area (Å²) in [7, 11) is 3.48. The van der Waals surface area contributed by atoms with Crippen LogP contribution >= 0.6 is 11.3 Å². The number of amides is 3. The van der Waals surface area contributed by atoms with Crippen molar-refractivity contribution >= 4 is 45.9 Å². The Bertz CT molecular complexity index is 2220. The highest BCUT2D eigenvalue weighted by Gasteiger charge is 2.45. The first-order valence-corrected chi connectivity index (χ1v) is 20.8. The van der Waals surface area contributed by atoms with Gasteiger partial charge in [-0.15, -0.1) is 11.3 Å². The number of methoxy groups -OCH3 is 1. The van der Waals surface area contributed by atoms with Gasteiger partial charge in [-0.3, -0.25) is 29.3 Å². The molecule has 6 heterocycles. The third-order valence-corrected chi connectivity index (χ3v) is 12.5. The van der Waals surface area contributed by atoms with E-state index < -0.39 is 41.0 Å². The van der Waals surface area contributed by atoms with Crippen LogP contribution in [0.5, 0.6) is 0 Å². The van der Waals surface area contributed by atoms with Crippen LogP contribution in [0.25, 0.3) is 33.4 Å². The van der Waals surface area contributed by atoms with E-state index in [1.54, 1.807) is 18.2 Å². The van der Waals surface area contributed by atoms with Gasteiger partial charge >= 0.3 is 5.97 Å². The zero-order valence-corrected chi connectivity index (χ0v) is 35.1. The number of aryl methyl sites for hydroxylation is 1. The molecule has 1 aromatic carbocycles. The van der Waals surface area contributed by atoms with Gasteiger partial charge in [-0.25, -0.2) is 9.78 Å². The van der Waals surface area contributed by atoms with E-state index in [1.165, 1.54) is 23.3 Å². The molecule has 7 rings (SSSR count). The maximum atomic E-state index is 14.4. The largest absolute Gasteiger partial charge is 0.462 e. The Kier molecular flexibility index (Phi) is 11.8. The maximum Gasteiger partial charge on any atom is 0.355 e. The zero-order chi connectivity index (χ0) is 41.5. The summed E-state index contributed by atoms with van der Waals surface area (Å²) in [6, 6.07) is 8.51. The van der Waals surface area contributed by atoms with Gasteiger partial charge in [0.2, 0.25) is 17.5 Å². The monoisotopic (exact) mass is 814 g/mol. The number of nitrogens with zero attached hydrogens (tertiary/aromatic N) is 6. The van der Waals surface area contributed by atoms with Crippen molar-refractivity contribution in [1.29, 1.82) is 0 Å². The number of fused-ring (bicyclic) bond motifs is 6. The highest BCUT2D eigenvalue weighted by molar-refractivity contribution is 7.10. The number of hydrogen-bond donors (Lipinski definition) is 3. The summed E-state index contributed by atoms with van der Waals surface area (Å²) in [5.41, 5.74) is 6.45. The highest BCUT2D eigenvalue weighted by Crippen LogP contribution is 2.42. The van der Waals surface area contributed by atoms with E-state index >= 15 is 0 Å². The number of esters is 1. The normalized spacial score (nSPS) is 23.7. The molecular formula is C42H54N8O7S. The van der Waals surface area contributed by atoms with Crippen LogP contribution in [-0.4, -0.2) is 123 Å². The molecule has 0 unspecified atom stereocenters. The van der Waals surface area contributed by atoms with Crippen LogP contribution in [0.3, 0.4) is 0 Å². The number of cyclic esters (lactones) is 1. The molecule has 0 aliphatic carbocycles. The minimum atomic E-state index is -2.18. The number of nitrogens with one attached hydrogen (secondary N) is 2. The van der Waals surface area contributed by atoms with Crippen molar-refractivity contribution in [2.75, 3.05) is 46.9 Å². The Labute approximate surface area is 342 Å². The number of aliphatic hydroxyl groups is 1. The summed E-state index contributed by atoms with van der Waals surface area (Å²) in [6.45, 7) is 11.6. The Hall–Kier alpha value is -4.74. The van der Waals surface area contributed by atoms with Gasteiger partial charge in [-0.1, -0.05) is 19.9 Å². The second-order valence-corrected chi connectivity index (χ2v) is 17.4. The van der Waals surface area contributed by atoms with Crippen LogP contribution in [-0.2, 0) is 48.0 Å². The minimum absolute atomic E-state index is 0.0175. The molecule has 4 aromatic rings. The predicted molar refractivity (Wildman–Crippen MR) is 219 cm³/mol. The van der Waals surface area contributed by atoms with E-state index in [1.807, 2.05) is 44.2 Å². The molecule has 3 aromatic heterocycles. The van der Waals surface area contributed by atoms with E-state index in [-0.39, 0.29) is 44.5 Å². The second kappa shape index (κ2) is 16.5. The number of pyridine rings is 1. The Morgan fingerprint density at radius 1 is 1.19 bits per heavy atom.